The van der Waals surface area contributed by atoms with Crippen LogP contribution in [0.4, 0.5) is 0 Å². The van der Waals surface area contributed by atoms with Crippen molar-refractivity contribution >= 4 is 35.2 Å². The van der Waals surface area contributed by atoms with Gasteiger partial charge < -0.3 is 15.2 Å². The van der Waals surface area contributed by atoms with Crippen molar-refractivity contribution in [1.29, 1.82) is 0 Å². The first kappa shape index (κ1) is 16.7. The number of phenolic OH excluding ortho intramolecular Hbond substituents is 2. The summed E-state index contributed by atoms with van der Waals surface area (Å²) in [5.74, 6) is 0.520. The van der Waals surface area contributed by atoms with Gasteiger partial charge in [-0.25, -0.2) is 0 Å². The van der Waals surface area contributed by atoms with Gasteiger partial charge in [0.1, 0.15) is 11.5 Å². The van der Waals surface area contributed by atoms with E-state index in [4.69, 9.17) is 0 Å². The normalized spacial score (nSPS) is 11.7. The Morgan fingerprint density at radius 2 is 1.15 bits per heavy atom. The molecular formula is C24H19NO2. The molecule has 132 valence electrons. The minimum atomic E-state index is 0.260. The number of rotatable bonds is 4. The van der Waals surface area contributed by atoms with Gasteiger partial charge in [0.15, 0.2) is 0 Å². The van der Waals surface area contributed by atoms with E-state index in [2.05, 4.69) is 23.2 Å². The number of H-pyrrole nitrogens is 1. The molecule has 0 atom stereocenters. The second-order valence-corrected chi connectivity index (χ2v) is 6.35. The molecule has 3 heteroatoms. The minimum Gasteiger partial charge on any atom is -0.508 e. The average molecular weight is 353 g/mol. The molecule has 0 aliphatic carbocycles. The molecule has 0 saturated carbocycles. The molecule has 0 unspecified atom stereocenters. The van der Waals surface area contributed by atoms with Crippen molar-refractivity contribution in [2.75, 3.05) is 0 Å². The maximum atomic E-state index is 9.44. The average Bonchev–Trinajstić information content (AvgIpc) is 3.05. The molecule has 3 nitrogen and oxygen atoms in total. The second-order valence-electron chi connectivity index (χ2n) is 6.35. The maximum absolute atomic E-state index is 9.44. The zero-order valence-electron chi connectivity index (χ0n) is 14.6. The molecule has 0 spiro atoms. The van der Waals surface area contributed by atoms with Gasteiger partial charge in [-0.05, 0) is 47.5 Å². The molecule has 0 radical (unpaired) electrons. The van der Waals surface area contributed by atoms with Crippen LogP contribution in [0, 0.1) is 0 Å². The molecule has 0 amide bonds. The SMILES string of the molecule is Oc1ccc(/C=C/c2[nH]c3ccccc3c2/C=C/c2ccc(O)cc2)cc1. The molecule has 0 fully saturated rings. The lowest BCUT2D eigenvalue weighted by atomic mass is 10.1. The van der Waals surface area contributed by atoms with Crippen LogP contribution in [0.2, 0.25) is 0 Å². The Hall–Kier alpha value is -3.72. The van der Waals surface area contributed by atoms with Crippen molar-refractivity contribution in [1.82, 2.24) is 4.98 Å². The van der Waals surface area contributed by atoms with Gasteiger partial charge in [0.25, 0.3) is 0 Å². The van der Waals surface area contributed by atoms with Crippen molar-refractivity contribution in [3.8, 4) is 11.5 Å². The highest BCUT2D eigenvalue weighted by Gasteiger charge is 2.06. The Bertz CT molecular complexity index is 1120. The summed E-state index contributed by atoms with van der Waals surface area (Å²) in [7, 11) is 0. The van der Waals surface area contributed by atoms with E-state index in [1.807, 2.05) is 54.6 Å². The first-order valence-corrected chi connectivity index (χ1v) is 8.74. The molecule has 0 aliphatic heterocycles. The van der Waals surface area contributed by atoms with E-state index in [1.165, 1.54) is 0 Å². The summed E-state index contributed by atoms with van der Waals surface area (Å²) in [4.78, 5) is 3.46. The highest BCUT2D eigenvalue weighted by atomic mass is 16.3. The summed E-state index contributed by atoms with van der Waals surface area (Å²) in [6, 6.07) is 22.4. The van der Waals surface area contributed by atoms with Gasteiger partial charge in [-0.15, -0.1) is 0 Å². The van der Waals surface area contributed by atoms with Crippen LogP contribution < -0.4 is 0 Å². The van der Waals surface area contributed by atoms with Crippen LogP contribution in [0.5, 0.6) is 11.5 Å². The van der Waals surface area contributed by atoms with Gasteiger partial charge in [-0.2, -0.15) is 0 Å². The topological polar surface area (TPSA) is 56.2 Å². The van der Waals surface area contributed by atoms with E-state index < -0.39 is 0 Å². The molecular weight excluding hydrogens is 334 g/mol. The molecule has 0 bridgehead atoms. The van der Waals surface area contributed by atoms with Crippen LogP contribution >= 0.6 is 0 Å². The van der Waals surface area contributed by atoms with Crippen molar-refractivity contribution in [3.05, 3.63) is 95.2 Å². The van der Waals surface area contributed by atoms with Gasteiger partial charge >= 0.3 is 0 Å². The van der Waals surface area contributed by atoms with Gasteiger partial charge in [-0.3, -0.25) is 0 Å². The molecule has 0 aliphatic rings. The number of aromatic hydroxyl groups is 2. The van der Waals surface area contributed by atoms with Gasteiger partial charge in [0, 0.05) is 22.2 Å². The quantitative estimate of drug-likeness (QED) is 0.426. The Kier molecular flexibility index (Phi) is 4.50. The fourth-order valence-corrected chi connectivity index (χ4v) is 3.03. The predicted octanol–water partition coefficient (Wildman–Crippen LogP) is 5.92. The molecule has 3 aromatic carbocycles. The van der Waals surface area contributed by atoms with Crippen LogP contribution in [0.3, 0.4) is 0 Å². The molecule has 4 aromatic rings. The number of aromatic amines is 1. The number of benzene rings is 3. The fraction of sp³-hybridized carbons (Fsp3) is 0. The van der Waals surface area contributed by atoms with Crippen LogP contribution in [-0.4, -0.2) is 15.2 Å². The zero-order valence-corrected chi connectivity index (χ0v) is 14.6. The number of nitrogens with one attached hydrogen (secondary N) is 1. The third kappa shape index (κ3) is 3.77. The standard InChI is InChI=1S/C24H19NO2/c26-19-11-5-17(6-12-19)9-15-22-21-3-1-2-4-23(21)25-24(22)16-10-18-7-13-20(27)14-8-18/h1-16,25-27H/b15-9+,16-10+. The summed E-state index contributed by atoms with van der Waals surface area (Å²) in [6.45, 7) is 0. The number of fused-ring (bicyclic) bond motifs is 1. The van der Waals surface area contributed by atoms with Crippen molar-refractivity contribution in [2.24, 2.45) is 0 Å². The van der Waals surface area contributed by atoms with E-state index in [-0.39, 0.29) is 11.5 Å². The van der Waals surface area contributed by atoms with E-state index >= 15 is 0 Å². The van der Waals surface area contributed by atoms with E-state index in [0.717, 1.165) is 33.3 Å². The Morgan fingerprint density at radius 1 is 0.593 bits per heavy atom. The summed E-state index contributed by atoms with van der Waals surface area (Å²) in [6.07, 6.45) is 8.18. The third-order valence-electron chi connectivity index (χ3n) is 4.45. The van der Waals surface area contributed by atoms with E-state index in [9.17, 15) is 10.2 Å². The molecule has 4 rings (SSSR count). The summed E-state index contributed by atoms with van der Waals surface area (Å²) in [5, 5.41) is 20.0. The molecule has 27 heavy (non-hydrogen) atoms. The number of aromatic nitrogens is 1. The van der Waals surface area contributed by atoms with E-state index in [1.54, 1.807) is 24.3 Å². The Labute approximate surface area is 157 Å². The molecule has 3 N–H and O–H groups in total. The fourth-order valence-electron chi connectivity index (χ4n) is 3.03. The van der Waals surface area contributed by atoms with Gasteiger partial charge in [0.05, 0.1) is 0 Å². The zero-order chi connectivity index (χ0) is 18.6. The van der Waals surface area contributed by atoms with E-state index in [0.29, 0.717) is 0 Å². The van der Waals surface area contributed by atoms with Crippen molar-refractivity contribution < 1.29 is 10.2 Å². The third-order valence-corrected chi connectivity index (χ3v) is 4.45. The van der Waals surface area contributed by atoms with Crippen LogP contribution in [0.15, 0.2) is 72.8 Å². The van der Waals surface area contributed by atoms with Crippen LogP contribution in [0.1, 0.15) is 22.4 Å². The van der Waals surface area contributed by atoms with Crippen LogP contribution in [0.25, 0.3) is 35.2 Å². The Morgan fingerprint density at radius 3 is 1.78 bits per heavy atom. The lowest BCUT2D eigenvalue weighted by Crippen LogP contribution is -1.78. The lowest BCUT2D eigenvalue weighted by Gasteiger charge is -1.98. The monoisotopic (exact) mass is 353 g/mol. The number of para-hydroxylation sites is 1. The first-order valence-electron chi connectivity index (χ1n) is 8.74. The lowest BCUT2D eigenvalue weighted by molar-refractivity contribution is 0.474. The number of hydrogen-bond donors (Lipinski definition) is 3. The smallest absolute Gasteiger partial charge is 0.115 e. The number of phenols is 2. The first-order chi connectivity index (χ1) is 13.2. The summed E-state index contributed by atoms with van der Waals surface area (Å²) >= 11 is 0. The molecule has 1 heterocycles. The summed E-state index contributed by atoms with van der Waals surface area (Å²) in [5.41, 5.74) is 5.23. The van der Waals surface area contributed by atoms with Crippen LogP contribution in [-0.2, 0) is 0 Å². The minimum absolute atomic E-state index is 0.260. The van der Waals surface area contributed by atoms with Crippen molar-refractivity contribution in [3.63, 3.8) is 0 Å². The maximum Gasteiger partial charge on any atom is 0.115 e. The van der Waals surface area contributed by atoms with Gasteiger partial charge in [0.2, 0.25) is 0 Å². The van der Waals surface area contributed by atoms with Crippen molar-refractivity contribution in [2.45, 2.75) is 0 Å². The highest BCUT2D eigenvalue weighted by Crippen LogP contribution is 2.26. The largest absolute Gasteiger partial charge is 0.508 e. The Balaban J connectivity index is 1.72. The van der Waals surface area contributed by atoms with Gasteiger partial charge in [-0.1, -0.05) is 60.7 Å². The molecule has 1 aromatic heterocycles. The predicted molar refractivity (Wildman–Crippen MR) is 112 cm³/mol. The highest BCUT2D eigenvalue weighted by molar-refractivity contribution is 5.96. The molecule has 0 saturated heterocycles. The second kappa shape index (κ2) is 7.26. The summed E-state index contributed by atoms with van der Waals surface area (Å²) < 4.78 is 0. The number of hydrogen-bond acceptors (Lipinski definition) is 2.